The molecule has 2 fully saturated rings. The largest absolute Gasteiger partial charge is 0.489 e. The molecule has 0 bridgehead atoms. The summed E-state index contributed by atoms with van der Waals surface area (Å²) in [5.74, 6) is 2.94. The summed E-state index contributed by atoms with van der Waals surface area (Å²) in [6, 6.07) is 8.25. The predicted molar refractivity (Wildman–Crippen MR) is 103 cm³/mol. The van der Waals surface area contributed by atoms with E-state index in [1.54, 1.807) is 0 Å². The normalized spacial score (nSPS) is 19.7. The number of hydrogen-bond donors (Lipinski definition) is 1. The van der Waals surface area contributed by atoms with Crippen LogP contribution >= 0.6 is 22.6 Å². The molecule has 4 nitrogen and oxygen atoms in total. The van der Waals surface area contributed by atoms with Gasteiger partial charge in [0.05, 0.1) is 3.57 Å². The first-order valence-corrected chi connectivity index (χ1v) is 9.78. The van der Waals surface area contributed by atoms with Gasteiger partial charge in [0.2, 0.25) is 0 Å². The highest BCUT2D eigenvalue weighted by atomic mass is 127. The molecule has 1 heterocycles. The number of likely N-dealkylation sites (tertiary alicyclic amines) is 1. The van der Waals surface area contributed by atoms with Gasteiger partial charge in [0.1, 0.15) is 11.9 Å². The summed E-state index contributed by atoms with van der Waals surface area (Å²) in [7, 11) is 0. The summed E-state index contributed by atoms with van der Waals surface area (Å²) in [5, 5.41) is 3.44. The highest BCUT2D eigenvalue weighted by Crippen LogP contribution is 2.29. The number of aliphatic imine (C=N–C) groups is 1. The van der Waals surface area contributed by atoms with E-state index in [4.69, 9.17) is 9.73 Å². The minimum absolute atomic E-state index is 0.313. The highest BCUT2D eigenvalue weighted by molar-refractivity contribution is 14.1. The number of rotatable bonds is 5. The Bertz CT molecular complexity index is 537. The molecule has 1 aromatic carbocycles. The van der Waals surface area contributed by atoms with Crippen LogP contribution in [0.1, 0.15) is 32.6 Å². The lowest BCUT2D eigenvalue weighted by Gasteiger charge is -2.34. The number of hydrogen-bond acceptors (Lipinski definition) is 2. The second kappa shape index (κ2) is 8.22. The molecule has 0 spiro atoms. The van der Waals surface area contributed by atoms with Gasteiger partial charge in [-0.05, 0) is 60.4 Å². The van der Waals surface area contributed by atoms with Crippen LogP contribution < -0.4 is 10.1 Å². The van der Waals surface area contributed by atoms with E-state index in [2.05, 4.69) is 57.9 Å². The zero-order chi connectivity index (χ0) is 16.1. The van der Waals surface area contributed by atoms with Crippen molar-refractivity contribution >= 4 is 28.6 Å². The molecule has 1 saturated carbocycles. The van der Waals surface area contributed by atoms with Crippen LogP contribution in [0.2, 0.25) is 0 Å². The number of nitrogens with zero attached hydrogens (tertiary/aromatic N) is 2. The average molecular weight is 427 g/mol. The molecule has 1 aromatic rings. The lowest BCUT2D eigenvalue weighted by atomic mass is 10.1. The smallest absolute Gasteiger partial charge is 0.193 e. The quantitative estimate of drug-likeness (QED) is 0.444. The third kappa shape index (κ3) is 4.99. The van der Waals surface area contributed by atoms with E-state index < -0.39 is 0 Å². The first-order valence-electron chi connectivity index (χ1n) is 8.70. The van der Waals surface area contributed by atoms with Crippen molar-refractivity contribution in [3.63, 3.8) is 0 Å². The monoisotopic (exact) mass is 427 g/mol. The molecule has 1 aliphatic heterocycles. The van der Waals surface area contributed by atoms with E-state index in [-0.39, 0.29) is 0 Å². The molecule has 23 heavy (non-hydrogen) atoms. The SMILES string of the molecule is CCNC(=NCC1CC1)N1CCC(Oc2ccccc2I)CC1. The van der Waals surface area contributed by atoms with Crippen LogP contribution in [0.5, 0.6) is 5.75 Å². The average Bonchev–Trinajstić information content (AvgIpc) is 3.39. The van der Waals surface area contributed by atoms with Gasteiger partial charge >= 0.3 is 0 Å². The van der Waals surface area contributed by atoms with Crippen LogP contribution in [0.3, 0.4) is 0 Å². The molecule has 0 atom stereocenters. The van der Waals surface area contributed by atoms with Gasteiger partial charge in [0.15, 0.2) is 5.96 Å². The van der Waals surface area contributed by atoms with Gasteiger partial charge in [-0.25, -0.2) is 0 Å². The van der Waals surface area contributed by atoms with Gasteiger partial charge in [-0.3, -0.25) is 4.99 Å². The van der Waals surface area contributed by atoms with Gasteiger partial charge < -0.3 is 15.0 Å². The Hall–Kier alpha value is -0.980. The first kappa shape index (κ1) is 16.9. The number of nitrogens with one attached hydrogen (secondary N) is 1. The van der Waals surface area contributed by atoms with Crippen LogP contribution in [0.15, 0.2) is 29.3 Å². The first-order chi connectivity index (χ1) is 11.3. The molecule has 5 heteroatoms. The zero-order valence-electron chi connectivity index (χ0n) is 13.8. The van der Waals surface area contributed by atoms with Crippen molar-refractivity contribution in [1.29, 1.82) is 0 Å². The zero-order valence-corrected chi connectivity index (χ0v) is 16.0. The molecule has 1 N–H and O–H groups in total. The molecule has 1 saturated heterocycles. The predicted octanol–water partition coefficient (Wildman–Crippen LogP) is 3.51. The summed E-state index contributed by atoms with van der Waals surface area (Å²) < 4.78 is 7.37. The molecular weight excluding hydrogens is 401 g/mol. The van der Waals surface area contributed by atoms with Crippen molar-refractivity contribution in [2.45, 2.75) is 38.7 Å². The Balaban J connectivity index is 1.52. The van der Waals surface area contributed by atoms with Crippen molar-refractivity contribution in [3.05, 3.63) is 27.8 Å². The Kier molecular flexibility index (Phi) is 6.02. The summed E-state index contributed by atoms with van der Waals surface area (Å²) >= 11 is 2.34. The van der Waals surface area contributed by atoms with Crippen molar-refractivity contribution in [1.82, 2.24) is 10.2 Å². The summed E-state index contributed by atoms with van der Waals surface area (Å²) in [6.07, 6.45) is 5.13. The van der Waals surface area contributed by atoms with Crippen LogP contribution in [0, 0.1) is 9.49 Å². The van der Waals surface area contributed by atoms with Gasteiger partial charge in [-0.1, -0.05) is 12.1 Å². The van der Waals surface area contributed by atoms with Crippen LogP contribution in [0.4, 0.5) is 0 Å². The molecular formula is C18H26IN3O. The number of guanidine groups is 1. The van der Waals surface area contributed by atoms with E-state index in [1.165, 1.54) is 16.4 Å². The van der Waals surface area contributed by atoms with Crippen LogP contribution in [0.25, 0.3) is 0 Å². The van der Waals surface area contributed by atoms with Gasteiger partial charge in [0, 0.05) is 39.0 Å². The highest BCUT2D eigenvalue weighted by Gasteiger charge is 2.25. The van der Waals surface area contributed by atoms with Crippen LogP contribution in [-0.4, -0.2) is 43.1 Å². The molecule has 2 aliphatic rings. The van der Waals surface area contributed by atoms with E-state index in [9.17, 15) is 0 Å². The topological polar surface area (TPSA) is 36.9 Å². The number of para-hydroxylation sites is 1. The second-order valence-electron chi connectivity index (χ2n) is 6.37. The minimum atomic E-state index is 0.313. The van der Waals surface area contributed by atoms with Gasteiger partial charge in [-0.2, -0.15) is 0 Å². The van der Waals surface area contributed by atoms with Crippen molar-refractivity contribution in [2.75, 3.05) is 26.2 Å². The molecule has 1 aliphatic carbocycles. The van der Waals surface area contributed by atoms with Crippen molar-refractivity contribution < 1.29 is 4.74 Å². The third-order valence-electron chi connectivity index (χ3n) is 4.40. The van der Waals surface area contributed by atoms with E-state index in [1.807, 2.05) is 6.07 Å². The number of piperidine rings is 1. The number of benzene rings is 1. The minimum Gasteiger partial charge on any atom is -0.489 e. The molecule has 0 radical (unpaired) electrons. The fraction of sp³-hybridized carbons (Fsp3) is 0.611. The van der Waals surface area contributed by atoms with Crippen molar-refractivity contribution in [2.24, 2.45) is 10.9 Å². The lowest BCUT2D eigenvalue weighted by molar-refractivity contribution is 0.128. The molecule has 126 valence electrons. The maximum absolute atomic E-state index is 6.19. The summed E-state index contributed by atoms with van der Waals surface area (Å²) in [5.41, 5.74) is 0. The second-order valence-corrected chi connectivity index (χ2v) is 7.53. The summed E-state index contributed by atoms with van der Waals surface area (Å²) in [6.45, 7) is 6.10. The number of halogens is 1. The molecule has 0 unspecified atom stereocenters. The molecule has 0 aromatic heterocycles. The Morgan fingerprint density at radius 2 is 2.00 bits per heavy atom. The fourth-order valence-electron chi connectivity index (χ4n) is 2.85. The van der Waals surface area contributed by atoms with Crippen molar-refractivity contribution in [3.8, 4) is 5.75 Å². The van der Waals surface area contributed by atoms with Gasteiger partial charge in [0.25, 0.3) is 0 Å². The molecule has 0 amide bonds. The fourth-order valence-corrected chi connectivity index (χ4v) is 3.36. The van der Waals surface area contributed by atoms with E-state index in [0.29, 0.717) is 6.10 Å². The Morgan fingerprint density at radius 1 is 1.26 bits per heavy atom. The molecule has 3 rings (SSSR count). The lowest BCUT2D eigenvalue weighted by Crippen LogP contribution is -2.47. The Morgan fingerprint density at radius 3 is 2.65 bits per heavy atom. The maximum Gasteiger partial charge on any atom is 0.193 e. The number of ether oxygens (including phenoxy) is 1. The summed E-state index contributed by atoms with van der Waals surface area (Å²) in [4.78, 5) is 7.20. The Labute approximate surface area is 152 Å². The van der Waals surface area contributed by atoms with Gasteiger partial charge in [-0.15, -0.1) is 0 Å². The van der Waals surface area contributed by atoms with E-state index >= 15 is 0 Å². The maximum atomic E-state index is 6.19. The van der Waals surface area contributed by atoms with Crippen LogP contribution in [-0.2, 0) is 0 Å². The third-order valence-corrected chi connectivity index (χ3v) is 5.29. The van der Waals surface area contributed by atoms with E-state index in [0.717, 1.165) is 56.6 Å². The standard InChI is InChI=1S/C18H26IN3O/c1-2-20-18(21-13-14-7-8-14)22-11-9-15(10-12-22)23-17-6-4-3-5-16(17)19/h3-6,14-15H,2,7-13H2,1H3,(H,20,21).